The van der Waals surface area contributed by atoms with Crippen LogP contribution in [0.15, 0.2) is 53.4 Å². The lowest BCUT2D eigenvalue weighted by Crippen LogP contribution is -2.13. The van der Waals surface area contributed by atoms with Crippen molar-refractivity contribution in [1.82, 2.24) is 0 Å². The lowest BCUT2D eigenvalue weighted by molar-refractivity contribution is -0.116. The summed E-state index contributed by atoms with van der Waals surface area (Å²) in [5.41, 5.74) is 1.65. The van der Waals surface area contributed by atoms with Gasteiger partial charge in [-0.3, -0.25) is 4.79 Å². The average Bonchev–Trinajstić information content (AvgIpc) is 2.60. The normalized spacial score (nSPS) is 11.1. The predicted octanol–water partition coefficient (Wildman–Crippen LogP) is 3.59. The molecule has 134 valence electrons. The number of carbonyl (C=O) groups excluding carboxylic acids is 1. The molecule has 0 heterocycles. The van der Waals surface area contributed by atoms with Crippen molar-refractivity contribution >= 4 is 21.4 Å². The Hall–Kier alpha value is -2.34. The summed E-state index contributed by atoms with van der Waals surface area (Å²) in [6, 6.07) is 14.0. The number of hydrogen-bond acceptors (Lipinski definition) is 4. The minimum absolute atomic E-state index is 0.0552. The maximum absolute atomic E-state index is 11.9. The molecule has 2 aromatic carbocycles. The van der Waals surface area contributed by atoms with E-state index in [9.17, 15) is 13.2 Å². The Morgan fingerprint density at radius 2 is 1.76 bits per heavy atom. The summed E-state index contributed by atoms with van der Waals surface area (Å²) in [5.74, 6) is 0.759. The molecule has 5 nitrogen and oxygen atoms in total. The maximum atomic E-state index is 11.9. The van der Waals surface area contributed by atoms with Gasteiger partial charge in [0.15, 0.2) is 9.84 Å². The fourth-order valence-corrected chi connectivity index (χ4v) is 3.15. The number of amides is 1. The molecule has 0 aliphatic heterocycles. The van der Waals surface area contributed by atoms with E-state index in [1.54, 1.807) is 19.1 Å². The number of sulfone groups is 1. The highest BCUT2D eigenvalue weighted by atomic mass is 32.2. The van der Waals surface area contributed by atoms with Crippen LogP contribution in [-0.4, -0.2) is 26.7 Å². The van der Waals surface area contributed by atoms with Gasteiger partial charge in [-0.1, -0.05) is 25.1 Å². The van der Waals surface area contributed by atoms with Crippen molar-refractivity contribution in [3.63, 3.8) is 0 Å². The molecule has 6 heteroatoms. The second-order valence-corrected chi connectivity index (χ2v) is 7.97. The summed E-state index contributed by atoms with van der Waals surface area (Å²) >= 11 is 0. The first-order valence-electron chi connectivity index (χ1n) is 8.23. The fourth-order valence-electron chi connectivity index (χ4n) is 2.27. The number of aryl methyl sites for hydroxylation is 1. The molecular formula is C19H23NO4S. The highest BCUT2D eigenvalue weighted by Gasteiger charge is 2.11. The number of anilines is 1. The monoisotopic (exact) mass is 361 g/mol. The quantitative estimate of drug-likeness (QED) is 0.729. The molecule has 0 spiro atoms. The Morgan fingerprint density at radius 1 is 1.08 bits per heavy atom. The minimum Gasteiger partial charge on any atom is -0.493 e. The van der Waals surface area contributed by atoms with Crippen molar-refractivity contribution in [2.75, 3.05) is 17.7 Å². The van der Waals surface area contributed by atoms with Crippen LogP contribution in [0.1, 0.15) is 25.3 Å². The molecule has 1 amide bonds. The molecule has 1 N–H and O–H groups in total. The minimum atomic E-state index is -3.22. The van der Waals surface area contributed by atoms with E-state index in [4.69, 9.17) is 4.74 Å². The second-order valence-electron chi connectivity index (χ2n) is 5.69. The number of rotatable bonds is 8. The Kier molecular flexibility index (Phi) is 6.58. The lowest BCUT2D eigenvalue weighted by Gasteiger charge is -2.09. The van der Waals surface area contributed by atoms with Crippen molar-refractivity contribution in [2.45, 2.75) is 31.6 Å². The molecule has 0 radical (unpaired) electrons. The predicted molar refractivity (Wildman–Crippen MR) is 98.7 cm³/mol. The zero-order valence-corrected chi connectivity index (χ0v) is 15.3. The number of para-hydroxylation sites is 1. The van der Waals surface area contributed by atoms with Gasteiger partial charge in [0.1, 0.15) is 5.75 Å². The summed E-state index contributed by atoms with van der Waals surface area (Å²) in [6.07, 6.45) is 0.934. The zero-order chi connectivity index (χ0) is 18.3. The standard InChI is InChI=1S/C19H23NO4S/c1-3-25(22,23)17-12-10-16(11-13-17)20-19(21)9-6-14-24-18-8-5-4-7-15(18)2/h4-5,7-8,10-13H,3,6,9,14H2,1-2H3,(H,20,21). The zero-order valence-electron chi connectivity index (χ0n) is 14.5. The summed E-state index contributed by atoms with van der Waals surface area (Å²) in [5, 5.41) is 2.76. The Labute approximate surface area is 148 Å². The number of nitrogens with one attached hydrogen (secondary N) is 1. The topological polar surface area (TPSA) is 72.5 Å². The van der Waals surface area contributed by atoms with Gasteiger partial charge >= 0.3 is 0 Å². The van der Waals surface area contributed by atoms with E-state index in [1.807, 2.05) is 31.2 Å². The Balaban J connectivity index is 1.78. The molecule has 2 aromatic rings. The van der Waals surface area contributed by atoms with E-state index in [0.717, 1.165) is 11.3 Å². The molecule has 0 bridgehead atoms. The van der Waals surface area contributed by atoms with E-state index in [2.05, 4.69) is 5.32 Å². The van der Waals surface area contributed by atoms with E-state index < -0.39 is 9.84 Å². The van der Waals surface area contributed by atoms with Crippen molar-refractivity contribution < 1.29 is 17.9 Å². The van der Waals surface area contributed by atoms with Gasteiger partial charge < -0.3 is 10.1 Å². The van der Waals surface area contributed by atoms with Gasteiger partial charge in [0.05, 0.1) is 17.3 Å². The third-order valence-corrected chi connectivity index (χ3v) is 5.53. The molecule has 2 rings (SSSR count). The highest BCUT2D eigenvalue weighted by molar-refractivity contribution is 7.91. The summed E-state index contributed by atoms with van der Waals surface area (Å²) in [7, 11) is -3.22. The van der Waals surface area contributed by atoms with E-state index in [0.29, 0.717) is 25.1 Å². The first-order chi connectivity index (χ1) is 11.9. The molecule has 0 aromatic heterocycles. The van der Waals surface area contributed by atoms with Crippen molar-refractivity contribution in [2.24, 2.45) is 0 Å². The molecule has 0 saturated carbocycles. The van der Waals surface area contributed by atoms with Gasteiger partial charge in [-0.2, -0.15) is 0 Å². The van der Waals surface area contributed by atoms with E-state index in [1.165, 1.54) is 12.1 Å². The van der Waals surface area contributed by atoms with Crippen LogP contribution in [-0.2, 0) is 14.6 Å². The third kappa shape index (κ3) is 5.60. The highest BCUT2D eigenvalue weighted by Crippen LogP contribution is 2.17. The average molecular weight is 361 g/mol. The maximum Gasteiger partial charge on any atom is 0.224 e. The van der Waals surface area contributed by atoms with Gasteiger partial charge in [0.2, 0.25) is 5.91 Å². The molecule has 0 saturated heterocycles. The van der Waals surface area contributed by atoms with Crippen LogP contribution in [0.5, 0.6) is 5.75 Å². The van der Waals surface area contributed by atoms with Crippen LogP contribution < -0.4 is 10.1 Å². The first-order valence-corrected chi connectivity index (χ1v) is 9.88. The first kappa shape index (κ1) is 19.0. The third-order valence-electron chi connectivity index (χ3n) is 3.78. The van der Waals surface area contributed by atoms with E-state index >= 15 is 0 Å². The largest absolute Gasteiger partial charge is 0.493 e. The van der Waals surface area contributed by atoms with Gasteiger partial charge in [0, 0.05) is 12.1 Å². The molecule has 0 aliphatic carbocycles. The molecule has 0 fully saturated rings. The molecule has 0 aliphatic rings. The van der Waals surface area contributed by atoms with Crippen molar-refractivity contribution in [3.05, 3.63) is 54.1 Å². The number of benzene rings is 2. The molecule has 25 heavy (non-hydrogen) atoms. The van der Waals surface area contributed by atoms with Crippen LogP contribution in [0.4, 0.5) is 5.69 Å². The van der Waals surface area contributed by atoms with Gasteiger partial charge in [-0.25, -0.2) is 8.42 Å². The SMILES string of the molecule is CCS(=O)(=O)c1ccc(NC(=O)CCCOc2ccccc2C)cc1. The van der Waals surface area contributed by atoms with E-state index in [-0.39, 0.29) is 16.6 Å². The summed E-state index contributed by atoms with van der Waals surface area (Å²) in [4.78, 5) is 12.2. The summed E-state index contributed by atoms with van der Waals surface area (Å²) in [6.45, 7) is 4.04. The Bertz CT molecular complexity index is 814. The van der Waals surface area contributed by atoms with Crippen LogP contribution in [0.25, 0.3) is 0 Å². The number of carbonyl (C=O) groups is 1. The number of hydrogen-bond donors (Lipinski definition) is 1. The smallest absolute Gasteiger partial charge is 0.224 e. The molecule has 0 atom stereocenters. The van der Waals surface area contributed by atoms with Gasteiger partial charge in [-0.05, 0) is 49.2 Å². The summed E-state index contributed by atoms with van der Waals surface area (Å²) < 4.78 is 29.2. The van der Waals surface area contributed by atoms with Crippen LogP contribution >= 0.6 is 0 Å². The van der Waals surface area contributed by atoms with Crippen LogP contribution in [0.2, 0.25) is 0 Å². The Morgan fingerprint density at radius 3 is 2.40 bits per heavy atom. The van der Waals surface area contributed by atoms with Crippen LogP contribution in [0.3, 0.4) is 0 Å². The lowest BCUT2D eigenvalue weighted by atomic mass is 10.2. The van der Waals surface area contributed by atoms with Crippen LogP contribution in [0, 0.1) is 6.92 Å². The molecular weight excluding hydrogens is 338 g/mol. The molecule has 0 unspecified atom stereocenters. The second kappa shape index (κ2) is 8.67. The number of ether oxygens (including phenoxy) is 1. The van der Waals surface area contributed by atoms with Crippen molar-refractivity contribution in [1.29, 1.82) is 0 Å². The van der Waals surface area contributed by atoms with Crippen molar-refractivity contribution in [3.8, 4) is 5.75 Å². The fraction of sp³-hybridized carbons (Fsp3) is 0.316. The van der Waals surface area contributed by atoms with Gasteiger partial charge in [-0.15, -0.1) is 0 Å². The van der Waals surface area contributed by atoms with Gasteiger partial charge in [0.25, 0.3) is 0 Å².